The average molecular weight is 260 g/mol. The minimum absolute atomic E-state index is 0.571. The molecule has 3 rings (SSSR count). The van der Waals surface area contributed by atoms with Crippen LogP contribution in [0.5, 0.6) is 0 Å². The largest absolute Gasteiger partial charge is 0.396 e. The second-order valence-electron chi connectivity index (χ2n) is 4.45. The Morgan fingerprint density at radius 1 is 1.28 bits per heavy atom. The first-order valence-corrected chi connectivity index (χ1v) is 6.40. The fraction of sp³-hybridized carbons (Fsp3) is 0.214. The Morgan fingerprint density at radius 3 is 2.94 bits per heavy atom. The maximum absolute atomic E-state index is 6.02. The summed E-state index contributed by atoms with van der Waals surface area (Å²) in [5.74, 6) is 0.798. The fourth-order valence-corrected chi connectivity index (χ4v) is 2.59. The van der Waals surface area contributed by atoms with Crippen molar-refractivity contribution < 1.29 is 0 Å². The minimum Gasteiger partial charge on any atom is -0.396 e. The average Bonchev–Trinajstić information content (AvgIpc) is 2.38. The number of benzene rings is 1. The lowest BCUT2D eigenvalue weighted by atomic mass is 10.0. The van der Waals surface area contributed by atoms with E-state index in [1.165, 1.54) is 11.3 Å². The summed E-state index contributed by atoms with van der Waals surface area (Å²) in [6, 6.07) is 10.1. The maximum Gasteiger partial charge on any atom is 0.156 e. The van der Waals surface area contributed by atoms with Crippen molar-refractivity contribution in [1.29, 1.82) is 0 Å². The summed E-state index contributed by atoms with van der Waals surface area (Å²) in [7, 11) is 0. The van der Waals surface area contributed by atoms with E-state index >= 15 is 0 Å². The van der Waals surface area contributed by atoms with Gasteiger partial charge in [-0.1, -0.05) is 29.8 Å². The molecule has 92 valence electrons. The number of para-hydroxylation sites is 1. The molecule has 0 aliphatic carbocycles. The van der Waals surface area contributed by atoms with Crippen LogP contribution in [0, 0.1) is 0 Å². The first-order chi connectivity index (χ1) is 8.75. The second-order valence-corrected chi connectivity index (χ2v) is 4.89. The summed E-state index contributed by atoms with van der Waals surface area (Å²) < 4.78 is 0. The van der Waals surface area contributed by atoms with Gasteiger partial charge in [-0.2, -0.15) is 0 Å². The molecule has 2 heterocycles. The van der Waals surface area contributed by atoms with Crippen molar-refractivity contribution in [2.75, 3.05) is 17.2 Å². The highest BCUT2D eigenvalue weighted by molar-refractivity contribution is 6.30. The molecule has 0 spiro atoms. The Bertz CT molecular complexity index is 583. The van der Waals surface area contributed by atoms with Gasteiger partial charge in [-0.3, -0.25) is 0 Å². The van der Waals surface area contributed by atoms with Gasteiger partial charge in [-0.15, -0.1) is 0 Å². The summed E-state index contributed by atoms with van der Waals surface area (Å²) in [6.45, 7) is 0.940. The molecule has 0 atom stereocenters. The molecule has 1 aromatic carbocycles. The van der Waals surface area contributed by atoms with Crippen LogP contribution in [0.3, 0.4) is 0 Å². The number of nitrogens with two attached hydrogens (primary N) is 1. The number of hydrogen-bond acceptors (Lipinski definition) is 3. The number of nitrogen functional groups attached to an aromatic ring is 1. The summed E-state index contributed by atoms with van der Waals surface area (Å²) in [5, 5.41) is 0.571. The standard InChI is InChI=1S/C14H14ClN3/c15-11-8-12(16)14(17-9-11)18-7-3-5-10-4-1-2-6-13(10)18/h1-2,4,6,8-9H,3,5,7,16H2. The van der Waals surface area contributed by atoms with Gasteiger partial charge in [0.2, 0.25) is 0 Å². The monoisotopic (exact) mass is 259 g/mol. The quantitative estimate of drug-likeness (QED) is 0.853. The molecule has 0 bridgehead atoms. The Kier molecular flexibility index (Phi) is 2.84. The van der Waals surface area contributed by atoms with E-state index in [1.807, 2.05) is 6.07 Å². The number of pyridine rings is 1. The van der Waals surface area contributed by atoms with Gasteiger partial charge in [0.05, 0.1) is 10.7 Å². The Hall–Kier alpha value is -1.74. The van der Waals surface area contributed by atoms with E-state index in [4.69, 9.17) is 17.3 Å². The van der Waals surface area contributed by atoms with Gasteiger partial charge in [0.25, 0.3) is 0 Å². The topological polar surface area (TPSA) is 42.1 Å². The van der Waals surface area contributed by atoms with Crippen molar-refractivity contribution in [2.45, 2.75) is 12.8 Å². The van der Waals surface area contributed by atoms with Gasteiger partial charge in [-0.25, -0.2) is 4.98 Å². The molecule has 1 aliphatic rings. The van der Waals surface area contributed by atoms with E-state index in [0.29, 0.717) is 10.7 Å². The Morgan fingerprint density at radius 2 is 2.11 bits per heavy atom. The molecule has 0 fully saturated rings. The van der Waals surface area contributed by atoms with E-state index in [9.17, 15) is 0 Å². The number of nitrogens with zero attached hydrogens (tertiary/aromatic N) is 2. The van der Waals surface area contributed by atoms with E-state index in [-0.39, 0.29) is 0 Å². The number of aromatic nitrogens is 1. The number of halogens is 1. The highest BCUT2D eigenvalue weighted by Gasteiger charge is 2.20. The molecule has 2 aromatic rings. The van der Waals surface area contributed by atoms with Gasteiger partial charge in [0.1, 0.15) is 0 Å². The molecule has 0 unspecified atom stereocenters. The molecule has 2 N–H and O–H groups in total. The number of aryl methyl sites for hydroxylation is 1. The molecule has 3 nitrogen and oxygen atoms in total. The Labute approximate surface area is 111 Å². The molecule has 0 saturated heterocycles. The van der Waals surface area contributed by atoms with Crippen LogP contribution in [0.1, 0.15) is 12.0 Å². The Balaban J connectivity index is 2.08. The summed E-state index contributed by atoms with van der Waals surface area (Å²) in [5.41, 5.74) is 9.19. The smallest absolute Gasteiger partial charge is 0.156 e. The molecule has 0 saturated carbocycles. The zero-order valence-electron chi connectivity index (χ0n) is 9.94. The molecule has 18 heavy (non-hydrogen) atoms. The summed E-state index contributed by atoms with van der Waals surface area (Å²) in [4.78, 5) is 6.54. The van der Waals surface area contributed by atoms with E-state index in [2.05, 4.69) is 28.1 Å². The lowest BCUT2D eigenvalue weighted by Gasteiger charge is -2.31. The normalized spacial score (nSPS) is 14.4. The molecule has 0 radical (unpaired) electrons. The summed E-state index contributed by atoms with van der Waals surface area (Å²) in [6.07, 6.45) is 3.87. The van der Waals surface area contributed by atoms with E-state index in [1.54, 1.807) is 12.3 Å². The highest BCUT2D eigenvalue weighted by atomic mass is 35.5. The number of anilines is 3. The van der Waals surface area contributed by atoms with Crippen molar-refractivity contribution >= 4 is 28.8 Å². The first-order valence-electron chi connectivity index (χ1n) is 6.02. The van der Waals surface area contributed by atoms with Crippen molar-refractivity contribution in [1.82, 2.24) is 4.98 Å². The third kappa shape index (κ3) is 1.91. The molecule has 1 aromatic heterocycles. The maximum atomic E-state index is 6.02. The third-order valence-electron chi connectivity index (χ3n) is 3.23. The van der Waals surface area contributed by atoms with Crippen LogP contribution in [0.15, 0.2) is 36.5 Å². The number of hydrogen-bond donors (Lipinski definition) is 1. The van der Waals surface area contributed by atoms with E-state index in [0.717, 1.165) is 25.2 Å². The first kappa shape index (κ1) is 11.4. The van der Waals surface area contributed by atoms with Crippen LogP contribution in [0.25, 0.3) is 0 Å². The summed E-state index contributed by atoms with van der Waals surface area (Å²) >= 11 is 5.90. The van der Waals surface area contributed by atoms with E-state index < -0.39 is 0 Å². The molecule has 1 aliphatic heterocycles. The molecule has 4 heteroatoms. The molecule has 0 amide bonds. The van der Waals surface area contributed by atoms with Crippen LogP contribution >= 0.6 is 11.6 Å². The zero-order chi connectivity index (χ0) is 12.5. The van der Waals surface area contributed by atoms with Crippen LogP contribution in [0.2, 0.25) is 5.02 Å². The van der Waals surface area contributed by atoms with Crippen molar-refractivity contribution in [3.63, 3.8) is 0 Å². The number of fused-ring (bicyclic) bond motifs is 1. The van der Waals surface area contributed by atoms with Gasteiger partial charge >= 0.3 is 0 Å². The van der Waals surface area contributed by atoms with Gasteiger partial charge in [0.15, 0.2) is 5.82 Å². The predicted octanol–water partition coefficient (Wildman–Crippen LogP) is 3.40. The van der Waals surface area contributed by atoms with Gasteiger partial charge in [0, 0.05) is 18.4 Å². The predicted molar refractivity (Wildman–Crippen MR) is 75.4 cm³/mol. The van der Waals surface area contributed by atoms with Crippen molar-refractivity contribution in [3.05, 3.63) is 47.1 Å². The second kappa shape index (κ2) is 4.50. The van der Waals surface area contributed by atoms with Crippen molar-refractivity contribution in [2.24, 2.45) is 0 Å². The number of rotatable bonds is 1. The van der Waals surface area contributed by atoms with Crippen LogP contribution < -0.4 is 10.6 Å². The third-order valence-corrected chi connectivity index (χ3v) is 3.43. The minimum atomic E-state index is 0.571. The van der Waals surface area contributed by atoms with Crippen LogP contribution in [-0.2, 0) is 6.42 Å². The highest BCUT2D eigenvalue weighted by Crippen LogP contribution is 2.35. The van der Waals surface area contributed by atoms with Crippen LogP contribution in [-0.4, -0.2) is 11.5 Å². The lowest BCUT2D eigenvalue weighted by molar-refractivity contribution is 0.760. The van der Waals surface area contributed by atoms with Gasteiger partial charge < -0.3 is 10.6 Å². The lowest BCUT2D eigenvalue weighted by Crippen LogP contribution is -2.26. The van der Waals surface area contributed by atoms with Crippen molar-refractivity contribution in [3.8, 4) is 0 Å². The molecular formula is C14H14ClN3. The molecular weight excluding hydrogens is 246 g/mol. The fourth-order valence-electron chi connectivity index (χ4n) is 2.43. The zero-order valence-corrected chi connectivity index (χ0v) is 10.7. The van der Waals surface area contributed by atoms with Crippen LogP contribution in [0.4, 0.5) is 17.2 Å². The SMILES string of the molecule is Nc1cc(Cl)cnc1N1CCCc2ccccc21. The van der Waals surface area contributed by atoms with Gasteiger partial charge in [-0.05, 0) is 30.5 Å².